The van der Waals surface area contributed by atoms with Gasteiger partial charge in [0, 0.05) is 19.5 Å². The summed E-state index contributed by atoms with van der Waals surface area (Å²) in [6.07, 6.45) is 0.868. The molecule has 5 nitrogen and oxygen atoms in total. The first-order valence-corrected chi connectivity index (χ1v) is 7.51. The molecule has 1 aromatic rings. The van der Waals surface area contributed by atoms with E-state index in [0.717, 1.165) is 11.3 Å². The van der Waals surface area contributed by atoms with Gasteiger partial charge in [-0.15, -0.1) is 0 Å². The molecule has 1 saturated heterocycles. The number of aliphatic carboxylic acids is 1. The van der Waals surface area contributed by atoms with Crippen LogP contribution in [0.1, 0.15) is 38.2 Å². The van der Waals surface area contributed by atoms with Crippen LogP contribution in [0.2, 0.25) is 0 Å². The van der Waals surface area contributed by atoms with E-state index in [9.17, 15) is 14.7 Å². The Balaban J connectivity index is 2.02. The van der Waals surface area contributed by atoms with E-state index in [1.165, 1.54) is 0 Å². The summed E-state index contributed by atoms with van der Waals surface area (Å²) in [6, 6.07) is 7.67. The third kappa shape index (κ3) is 3.24. The van der Waals surface area contributed by atoms with Crippen molar-refractivity contribution in [3.05, 3.63) is 29.8 Å². The van der Waals surface area contributed by atoms with Crippen LogP contribution in [-0.4, -0.2) is 42.1 Å². The van der Waals surface area contributed by atoms with Crippen LogP contribution >= 0.6 is 0 Å². The largest absolute Gasteiger partial charge is 0.496 e. The summed E-state index contributed by atoms with van der Waals surface area (Å²) in [7, 11) is 1.62. The van der Waals surface area contributed by atoms with Crippen molar-refractivity contribution in [2.75, 3.05) is 20.2 Å². The van der Waals surface area contributed by atoms with Crippen LogP contribution in [-0.2, 0) is 9.59 Å². The first-order chi connectivity index (χ1) is 10.4. The standard InChI is InChI=1S/C17H23NO4/c1-12(13-6-4-5-7-14(13)22-3)10-15(19)18-9-8-17(2,11-18)16(20)21/h4-7,12H,8-11H2,1-3H3,(H,20,21)/t12-,17-/m1/s1. The second kappa shape index (κ2) is 6.38. The monoisotopic (exact) mass is 305 g/mol. The molecule has 1 aromatic carbocycles. The summed E-state index contributed by atoms with van der Waals surface area (Å²) in [5.74, 6) is -0.0242. The number of carboxylic acid groups (broad SMARTS) is 1. The third-order valence-corrected chi connectivity index (χ3v) is 4.49. The fourth-order valence-electron chi connectivity index (χ4n) is 2.92. The minimum atomic E-state index is -0.833. The van der Waals surface area contributed by atoms with Gasteiger partial charge in [0.1, 0.15) is 5.75 Å². The predicted octanol–water partition coefficient (Wildman–Crippen LogP) is 2.51. The summed E-state index contributed by atoms with van der Waals surface area (Å²) in [4.78, 5) is 25.4. The molecule has 1 fully saturated rings. The van der Waals surface area contributed by atoms with Crippen molar-refractivity contribution in [1.82, 2.24) is 4.90 Å². The normalized spacial score (nSPS) is 22.4. The Morgan fingerprint density at radius 3 is 2.68 bits per heavy atom. The number of ether oxygens (including phenoxy) is 1. The van der Waals surface area contributed by atoms with Gasteiger partial charge in [-0.3, -0.25) is 9.59 Å². The summed E-state index contributed by atoms with van der Waals surface area (Å²) in [5, 5.41) is 9.25. The van der Waals surface area contributed by atoms with E-state index >= 15 is 0 Å². The lowest BCUT2D eigenvalue weighted by atomic mass is 9.90. The number of hydrogen-bond donors (Lipinski definition) is 1. The van der Waals surface area contributed by atoms with E-state index in [-0.39, 0.29) is 11.8 Å². The zero-order valence-electron chi connectivity index (χ0n) is 13.3. The molecular weight excluding hydrogens is 282 g/mol. The summed E-state index contributed by atoms with van der Waals surface area (Å²) in [6.45, 7) is 4.49. The van der Waals surface area contributed by atoms with Crippen LogP contribution in [0.4, 0.5) is 0 Å². The molecule has 0 unspecified atom stereocenters. The van der Waals surface area contributed by atoms with E-state index in [2.05, 4.69) is 0 Å². The van der Waals surface area contributed by atoms with E-state index in [4.69, 9.17) is 4.74 Å². The summed E-state index contributed by atoms with van der Waals surface area (Å²) >= 11 is 0. The number of para-hydroxylation sites is 1. The second-order valence-corrected chi connectivity index (χ2v) is 6.28. The van der Waals surface area contributed by atoms with Gasteiger partial charge >= 0.3 is 5.97 Å². The van der Waals surface area contributed by atoms with Gasteiger partial charge in [-0.2, -0.15) is 0 Å². The Morgan fingerprint density at radius 1 is 1.41 bits per heavy atom. The number of carbonyl (C=O) groups is 2. The van der Waals surface area contributed by atoms with Gasteiger partial charge in [-0.1, -0.05) is 25.1 Å². The molecule has 1 heterocycles. The van der Waals surface area contributed by atoms with Crippen molar-refractivity contribution < 1.29 is 19.4 Å². The molecule has 1 amide bonds. The van der Waals surface area contributed by atoms with Crippen LogP contribution in [0.3, 0.4) is 0 Å². The summed E-state index contributed by atoms with van der Waals surface area (Å²) < 4.78 is 5.34. The van der Waals surface area contributed by atoms with Crippen molar-refractivity contribution in [3.63, 3.8) is 0 Å². The molecule has 2 atom stereocenters. The minimum absolute atomic E-state index is 0.00313. The molecular formula is C17H23NO4. The van der Waals surface area contributed by atoms with Gasteiger partial charge in [0.15, 0.2) is 0 Å². The van der Waals surface area contributed by atoms with Crippen molar-refractivity contribution in [2.24, 2.45) is 5.41 Å². The predicted molar refractivity (Wildman–Crippen MR) is 83.0 cm³/mol. The Labute approximate surface area is 130 Å². The van der Waals surface area contributed by atoms with Gasteiger partial charge < -0.3 is 14.7 Å². The molecule has 5 heteroatoms. The first-order valence-electron chi connectivity index (χ1n) is 7.51. The number of rotatable bonds is 5. The highest BCUT2D eigenvalue weighted by Gasteiger charge is 2.42. The van der Waals surface area contributed by atoms with Gasteiger partial charge in [-0.25, -0.2) is 0 Å². The zero-order chi connectivity index (χ0) is 16.3. The molecule has 0 aliphatic carbocycles. The van der Waals surface area contributed by atoms with Gasteiger partial charge in [0.2, 0.25) is 5.91 Å². The van der Waals surface area contributed by atoms with E-state index < -0.39 is 11.4 Å². The van der Waals surface area contributed by atoms with Crippen molar-refractivity contribution in [2.45, 2.75) is 32.6 Å². The second-order valence-electron chi connectivity index (χ2n) is 6.28. The van der Waals surface area contributed by atoms with Crippen molar-refractivity contribution in [1.29, 1.82) is 0 Å². The highest BCUT2D eigenvalue weighted by atomic mass is 16.5. The molecule has 0 radical (unpaired) electrons. The minimum Gasteiger partial charge on any atom is -0.496 e. The average Bonchev–Trinajstić information content (AvgIpc) is 2.91. The number of amides is 1. The molecule has 120 valence electrons. The maximum Gasteiger partial charge on any atom is 0.311 e. The number of carbonyl (C=O) groups excluding carboxylic acids is 1. The number of carboxylic acids is 1. The van der Waals surface area contributed by atoms with Crippen LogP contribution < -0.4 is 4.74 Å². The Morgan fingerprint density at radius 2 is 2.09 bits per heavy atom. The molecule has 1 aliphatic heterocycles. The van der Waals surface area contributed by atoms with Gasteiger partial charge in [0.25, 0.3) is 0 Å². The van der Waals surface area contributed by atoms with Crippen LogP contribution in [0.25, 0.3) is 0 Å². The van der Waals surface area contributed by atoms with Gasteiger partial charge in [0.05, 0.1) is 12.5 Å². The lowest BCUT2D eigenvalue weighted by Crippen LogP contribution is -2.35. The molecule has 0 spiro atoms. The highest BCUT2D eigenvalue weighted by Crippen LogP contribution is 2.33. The third-order valence-electron chi connectivity index (χ3n) is 4.49. The Hall–Kier alpha value is -2.04. The van der Waals surface area contributed by atoms with E-state index in [1.54, 1.807) is 18.9 Å². The summed E-state index contributed by atoms with van der Waals surface area (Å²) in [5.41, 5.74) is 0.183. The lowest BCUT2D eigenvalue weighted by Gasteiger charge is -2.22. The Bertz CT molecular complexity index is 572. The topological polar surface area (TPSA) is 66.8 Å². The van der Waals surface area contributed by atoms with Crippen LogP contribution in [0.5, 0.6) is 5.75 Å². The average molecular weight is 305 g/mol. The number of benzene rings is 1. The van der Waals surface area contributed by atoms with Crippen molar-refractivity contribution in [3.8, 4) is 5.75 Å². The lowest BCUT2D eigenvalue weighted by molar-refractivity contribution is -0.147. The SMILES string of the molecule is COc1ccccc1[C@H](C)CC(=O)N1CC[C@@](C)(C(=O)O)C1. The molecule has 0 aromatic heterocycles. The number of likely N-dealkylation sites (tertiary alicyclic amines) is 1. The van der Waals surface area contributed by atoms with E-state index in [0.29, 0.717) is 25.9 Å². The van der Waals surface area contributed by atoms with Gasteiger partial charge in [-0.05, 0) is 30.9 Å². The maximum absolute atomic E-state index is 12.4. The molecule has 22 heavy (non-hydrogen) atoms. The molecule has 0 bridgehead atoms. The molecule has 2 rings (SSSR count). The quantitative estimate of drug-likeness (QED) is 0.907. The Kier molecular flexibility index (Phi) is 4.74. The molecule has 1 N–H and O–H groups in total. The first kappa shape index (κ1) is 16.3. The number of nitrogens with zero attached hydrogens (tertiary/aromatic N) is 1. The number of methoxy groups -OCH3 is 1. The molecule has 0 saturated carbocycles. The maximum atomic E-state index is 12.4. The van der Waals surface area contributed by atoms with E-state index in [1.807, 2.05) is 31.2 Å². The van der Waals surface area contributed by atoms with Crippen LogP contribution in [0, 0.1) is 5.41 Å². The van der Waals surface area contributed by atoms with Crippen LogP contribution in [0.15, 0.2) is 24.3 Å². The smallest absolute Gasteiger partial charge is 0.311 e. The van der Waals surface area contributed by atoms with Crippen molar-refractivity contribution >= 4 is 11.9 Å². The fourth-order valence-corrected chi connectivity index (χ4v) is 2.92. The zero-order valence-corrected chi connectivity index (χ0v) is 13.3. The highest BCUT2D eigenvalue weighted by molar-refractivity contribution is 5.81. The molecule has 1 aliphatic rings. The fraction of sp³-hybridized carbons (Fsp3) is 0.529. The number of hydrogen-bond acceptors (Lipinski definition) is 3.